The van der Waals surface area contributed by atoms with Crippen LogP contribution in [0.4, 0.5) is 10.1 Å². The number of nitrogens with one attached hydrogen (secondary N) is 1. The average molecular weight is 488 g/mol. The Morgan fingerprint density at radius 3 is 2.35 bits per heavy atom. The summed E-state index contributed by atoms with van der Waals surface area (Å²) in [6, 6.07) is 7.86. The summed E-state index contributed by atoms with van der Waals surface area (Å²) in [5.41, 5.74) is 0.169. The largest absolute Gasteiger partial charge is 0.332 e. The van der Waals surface area contributed by atoms with Crippen molar-refractivity contribution in [2.24, 2.45) is 0 Å². The lowest BCUT2D eigenvalue weighted by Gasteiger charge is -2.19. The van der Waals surface area contributed by atoms with Gasteiger partial charge in [0.1, 0.15) is 10.7 Å². The summed E-state index contributed by atoms with van der Waals surface area (Å²) in [6.45, 7) is 0.265. The van der Waals surface area contributed by atoms with Crippen LogP contribution < -0.4 is 5.32 Å². The molecule has 0 saturated carbocycles. The average Bonchev–Trinajstić information content (AvgIpc) is 3.26. The minimum Gasteiger partial charge on any atom is -0.332 e. The lowest BCUT2D eigenvalue weighted by Crippen LogP contribution is -2.35. The monoisotopic (exact) mass is 487 g/mol. The molecule has 1 heterocycles. The molecule has 0 aromatic heterocycles. The number of carbonyl (C=O) groups excluding carboxylic acids is 2. The van der Waals surface area contributed by atoms with Crippen LogP contribution in [0.15, 0.2) is 41.3 Å². The first kappa shape index (κ1) is 23.5. The number of rotatable bonds is 6. The van der Waals surface area contributed by atoms with Gasteiger partial charge in [-0.1, -0.05) is 29.3 Å². The highest BCUT2D eigenvalue weighted by atomic mass is 35.5. The second kappa shape index (κ2) is 9.52. The Labute approximate surface area is 189 Å². The highest BCUT2D eigenvalue weighted by molar-refractivity contribution is 7.89. The van der Waals surface area contributed by atoms with E-state index in [4.69, 9.17) is 23.2 Å². The smallest absolute Gasteiger partial charge is 0.254 e. The third-order valence-corrected chi connectivity index (χ3v) is 7.36. The molecule has 2 aromatic rings. The summed E-state index contributed by atoms with van der Waals surface area (Å²) in [4.78, 5) is 25.6. The van der Waals surface area contributed by atoms with E-state index >= 15 is 0 Å². The van der Waals surface area contributed by atoms with E-state index in [1.165, 1.54) is 17.4 Å². The van der Waals surface area contributed by atoms with Crippen LogP contribution in [0.2, 0.25) is 10.0 Å². The van der Waals surface area contributed by atoms with E-state index in [0.717, 1.165) is 17.0 Å². The number of benzene rings is 2. The van der Waals surface area contributed by atoms with Crippen molar-refractivity contribution in [2.45, 2.75) is 17.7 Å². The van der Waals surface area contributed by atoms with Gasteiger partial charge in [-0.2, -0.15) is 4.31 Å². The molecule has 1 aliphatic rings. The molecule has 1 aliphatic heterocycles. The van der Waals surface area contributed by atoms with Crippen molar-refractivity contribution in [3.05, 3.63) is 57.8 Å². The molecule has 11 heteroatoms. The summed E-state index contributed by atoms with van der Waals surface area (Å²) in [7, 11) is -2.68. The summed E-state index contributed by atoms with van der Waals surface area (Å²) in [5, 5.41) is 3.02. The Morgan fingerprint density at radius 1 is 1.13 bits per heavy atom. The molecule has 166 valence electrons. The van der Waals surface area contributed by atoms with E-state index in [1.54, 1.807) is 18.2 Å². The fourth-order valence-electron chi connectivity index (χ4n) is 3.21. The molecule has 2 aromatic carbocycles. The van der Waals surface area contributed by atoms with Crippen LogP contribution in [0.25, 0.3) is 0 Å². The van der Waals surface area contributed by atoms with Crippen molar-refractivity contribution in [3.8, 4) is 0 Å². The van der Waals surface area contributed by atoms with E-state index in [-0.39, 0.29) is 27.8 Å². The second-order valence-electron chi connectivity index (χ2n) is 7.06. The molecule has 3 rings (SSSR count). The minimum atomic E-state index is -4.05. The van der Waals surface area contributed by atoms with Gasteiger partial charge < -0.3 is 10.2 Å². The third kappa shape index (κ3) is 5.17. The van der Waals surface area contributed by atoms with Gasteiger partial charge in [-0.3, -0.25) is 9.59 Å². The van der Waals surface area contributed by atoms with Crippen molar-refractivity contribution < 1.29 is 22.4 Å². The molecule has 0 radical (unpaired) electrons. The van der Waals surface area contributed by atoms with Gasteiger partial charge in [0.15, 0.2) is 0 Å². The van der Waals surface area contributed by atoms with Crippen LogP contribution in [0.1, 0.15) is 23.2 Å². The van der Waals surface area contributed by atoms with Crippen molar-refractivity contribution in [1.82, 2.24) is 9.21 Å². The molecule has 1 saturated heterocycles. The fourth-order valence-corrected chi connectivity index (χ4v) is 5.30. The van der Waals surface area contributed by atoms with E-state index in [0.29, 0.717) is 25.9 Å². The molecule has 1 fully saturated rings. The lowest BCUT2D eigenvalue weighted by molar-refractivity contribution is -0.116. The zero-order valence-electron chi connectivity index (χ0n) is 16.6. The zero-order valence-corrected chi connectivity index (χ0v) is 18.9. The summed E-state index contributed by atoms with van der Waals surface area (Å²) in [6.07, 6.45) is 1.40. The topological polar surface area (TPSA) is 86.8 Å². The van der Waals surface area contributed by atoms with Crippen LogP contribution in [0.5, 0.6) is 0 Å². The maximum absolute atomic E-state index is 14.3. The summed E-state index contributed by atoms with van der Waals surface area (Å²) < 4.78 is 40.9. The molecule has 0 aliphatic carbocycles. The van der Waals surface area contributed by atoms with Crippen LogP contribution >= 0.6 is 23.2 Å². The van der Waals surface area contributed by atoms with Crippen LogP contribution in [-0.2, 0) is 14.8 Å². The highest BCUT2D eigenvalue weighted by Gasteiger charge is 2.30. The number of hydrogen-bond donors (Lipinski definition) is 1. The number of hydrogen-bond acceptors (Lipinski definition) is 4. The molecule has 0 atom stereocenters. The van der Waals surface area contributed by atoms with Crippen molar-refractivity contribution in [2.75, 3.05) is 32.0 Å². The van der Waals surface area contributed by atoms with Crippen LogP contribution in [0, 0.1) is 5.82 Å². The first-order chi connectivity index (χ1) is 14.6. The minimum absolute atomic E-state index is 0.0507. The van der Waals surface area contributed by atoms with Crippen molar-refractivity contribution >= 4 is 50.7 Å². The van der Waals surface area contributed by atoms with Crippen molar-refractivity contribution in [3.63, 3.8) is 0 Å². The number of nitrogens with zero attached hydrogens (tertiary/aromatic N) is 2. The number of amides is 2. The van der Waals surface area contributed by atoms with Gasteiger partial charge in [0, 0.05) is 25.7 Å². The Kier molecular flexibility index (Phi) is 7.20. The molecule has 1 N–H and O–H groups in total. The van der Waals surface area contributed by atoms with Gasteiger partial charge in [0.2, 0.25) is 15.9 Å². The Hall–Kier alpha value is -2.20. The number of anilines is 1. The van der Waals surface area contributed by atoms with Crippen molar-refractivity contribution in [1.29, 1.82) is 0 Å². The van der Waals surface area contributed by atoms with Gasteiger partial charge in [-0.15, -0.1) is 0 Å². The first-order valence-electron chi connectivity index (χ1n) is 9.40. The van der Waals surface area contributed by atoms with E-state index in [2.05, 4.69) is 5.32 Å². The SMILES string of the molecule is CN(CC(=O)Nc1c(Cl)cccc1Cl)C(=O)c1ccc(F)c(S(=O)(=O)N2CCCC2)c1. The number of likely N-dealkylation sites (N-methyl/N-ethyl adjacent to an activating group) is 1. The Morgan fingerprint density at radius 2 is 1.74 bits per heavy atom. The molecule has 0 spiro atoms. The molecule has 31 heavy (non-hydrogen) atoms. The van der Waals surface area contributed by atoms with Gasteiger partial charge in [-0.25, -0.2) is 12.8 Å². The van der Waals surface area contributed by atoms with Gasteiger partial charge in [-0.05, 0) is 43.2 Å². The predicted molar refractivity (Wildman–Crippen MR) is 116 cm³/mol. The number of sulfonamides is 1. The predicted octanol–water partition coefficient (Wildman–Crippen LogP) is 3.63. The summed E-state index contributed by atoms with van der Waals surface area (Å²) in [5.74, 6) is -2.13. The zero-order chi connectivity index (χ0) is 22.8. The quantitative estimate of drug-likeness (QED) is 0.673. The highest BCUT2D eigenvalue weighted by Crippen LogP contribution is 2.30. The normalized spacial score (nSPS) is 14.5. The number of halogens is 3. The van der Waals surface area contributed by atoms with Gasteiger partial charge >= 0.3 is 0 Å². The number of carbonyl (C=O) groups is 2. The maximum atomic E-state index is 14.3. The second-order valence-corrected chi connectivity index (χ2v) is 9.78. The molecule has 2 amide bonds. The Bertz CT molecular complexity index is 1100. The number of para-hydroxylation sites is 1. The van der Waals surface area contributed by atoms with Crippen LogP contribution in [-0.4, -0.2) is 56.1 Å². The van der Waals surface area contributed by atoms with Gasteiger partial charge in [0.05, 0.1) is 22.3 Å². The first-order valence-corrected chi connectivity index (χ1v) is 11.6. The standard InChI is InChI=1S/C20H20Cl2FN3O4S/c1-25(12-18(27)24-19-14(21)5-4-6-15(19)22)20(28)13-7-8-16(23)17(11-13)31(29,30)26-9-2-3-10-26/h4-8,11H,2-3,9-10,12H2,1H3,(H,24,27). The maximum Gasteiger partial charge on any atom is 0.254 e. The molecule has 7 nitrogen and oxygen atoms in total. The van der Waals surface area contributed by atoms with E-state index in [1.807, 2.05) is 0 Å². The lowest BCUT2D eigenvalue weighted by atomic mass is 10.2. The van der Waals surface area contributed by atoms with E-state index < -0.39 is 32.6 Å². The van der Waals surface area contributed by atoms with Crippen LogP contribution in [0.3, 0.4) is 0 Å². The molecule has 0 bridgehead atoms. The fraction of sp³-hybridized carbons (Fsp3) is 0.300. The molecule has 0 unspecified atom stereocenters. The third-order valence-electron chi connectivity index (χ3n) is 4.82. The van der Waals surface area contributed by atoms with Gasteiger partial charge in [0.25, 0.3) is 5.91 Å². The molecular formula is C20H20Cl2FN3O4S. The summed E-state index contributed by atoms with van der Waals surface area (Å²) >= 11 is 12.0. The molecular weight excluding hydrogens is 468 g/mol. The van der Waals surface area contributed by atoms with E-state index in [9.17, 15) is 22.4 Å². The Balaban J connectivity index is 1.75.